The van der Waals surface area contributed by atoms with E-state index in [2.05, 4.69) is 0 Å². The molecule has 2 N–H and O–H groups in total. The second kappa shape index (κ2) is 5.06. The van der Waals surface area contributed by atoms with Gasteiger partial charge in [0.05, 0.1) is 10.8 Å². The zero-order valence-electron chi connectivity index (χ0n) is 6.90. The zero-order valence-corrected chi connectivity index (χ0v) is 7.72. The zero-order chi connectivity index (χ0) is 8.81. The SMILES string of the molecule is NCCCS(=O)c1ccccc1. The van der Waals surface area contributed by atoms with Crippen molar-refractivity contribution in [3.8, 4) is 0 Å². The molecular formula is C9H13NOS. The Morgan fingerprint density at radius 2 is 1.92 bits per heavy atom. The van der Waals surface area contributed by atoms with E-state index < -0.39 is 10.8 Å². The minimum Gasteiger partial charge on any atom is -0.330 e. The second-order valence-corrected chi connectivity index (χ2v) is 4.08. The van der Waals surface area contributed by atoms with Crippen molar-refractivity contribution in [1.29, 1.82) is 0 Å². The summed E-state index contributed by atoms with van der Waals surface area (Å²) in [7, 11) is -0.863. The van der Waals surface area contributed by atoms with Crippen molar-refractivity contribution < 1.29 is 4.21 Å². The van der Waals surface area contributed by atoms with Crippen LogP contribution in [-0.4, -0.2) is 16.5 Å². The smallest absolute Gasteiger partial charge is 0.0529 e. The van der Waals surface area contributed by atoms with Crippen molar-refractivity contribution in [2.75, 3.05) is 12.3 Å². The standard InChI is InChI=1S/C9H13NOS/c10-7-4-8-12(11)9-5-2-1-3-6-9/h1-3,5-6H,4,7-8,10H2. The number of nitrogens with two attached hydrogens (primary N) is 1. The van der Waals surface area contributed by atoms with Crippen LogP contribution in [0.25, 0.3) is 0 Å². The van der Waals surface area contributed by atoms with E-state index in [9.17, 15) is 4.21 Å². The predicted molar refractivity (Wildman–Crippen MR) is 51.4 cm³/mol. The highest BCUT2D eigenvalue weighted by Crippen LogP contribution is 2.05. The Balaban J connectivity index is 2.54. The van der Waals surface area contributed by atoms with Gasteiger partial charge >= 0.3 is 0 Å². The van der Waals surface area contributed by atoms with Crippen molar-refractivity contribution in [3.63, 3.8) is 0 Å². The fraction of sp³-hybridized carbons (Fsp3) is 0.333. The molecule has 0 saturated heterocycles. The van der Waals surface area contributed by atoms with Crippen molar-refractivity contribution in [1.82, 2.24) is 0 Å². The Morgan fingerprint density at radius 1 is 1.25 bits per heavy atom. The molecule has 66 valence electrons. The van der Waals surface area contributed by atoms with Gasteiger partial charge in [0.2, 0.25) is 0 Å². The summed E-state index contributed by atoms with van der Waals surface area (Å²) in [4.78, 5) is 0.894. The van der Waals surface area contributed by atoms with E-state index in [1.54, 1.807) is 0 Å². The molecule has 1 aromatic carbocycles. The number of hydrogen-bond donors (Lipinski definition) is 1. The molecule has 0 bridgehead atoms. The van der Waals surface area contributed by atoms with Gasteiger partial charge in [0.1, 0.15) is 0 Å². The molecule has 1 aromatic rings. The maximum absolute atomic E-state index is 11.5. The molecule has 0 aliphatic carbocycles. The van der Waals surface area contributed by atoms with E-state index >= 15 is 0 Å². The van der Waals surface area contributed by atoms with Crippen LogP contribution in [0.15, 0.2) is 35.2 Å². The third-order valence-corrected chi connectivity index (χ3v) is 3.00. The van der Waals surface area contributed by atoms with E-state index in [0.717, 1.165) is 11.3 Å². The van der Waals surface area contributed by atoms with Gasteiger partial charge in [-0.1, -0.05) is 18.2 Å². The minimum absolute atomic E-state index is 0.610. The van der Waals surface area contributed by atoms with Crippen LogP contribution in [0.2, 0.25) is 0 Å². The van der Waals surface area contributed by atoms with Gasteiger partial charge in [0.15, 0.2) is 0 Å². The minimum atomic E-state index is -0.863. The predicted octanol–water partition coefficient (Wildman–Crippen LogP) is 1.14. The van der Waals surface area contributed by atoms with Crippen LogP contribution in [-0.2, 0) is 10.8 Å². The molecule has 0 aliphatic heterocycles. The van der Waals surface area contributed by atoms with Gasteiger partial charge in [-0.05, 0) is 25.1 Å². The summed E-state index contributed by atoms with van der Waals surface area (Å²) in [6.07, 6.45) is 0.821. The molecule has 3 heteroatoms. The molecule has 0 aromatic heterocycles. The average molecular weight is 183 g/mol. The quantitative estimate of drug-likeness (QED) is 0.760. The third kappa shape index (κ3) is 2.75. The van der Waals surface area contributed by atoms with E-state index in [1.165, 1.54) is 0 Å². The first-order valence-electron chi connectivity index (χ1n) is 3.98. The topological polar surface area (TPSA) is 43.1 Å². The van der Waals surface area contributed by atoms with Crippen LogP contribution in [0, 0.1) is 0 Å². The molecule has 1 rings (SSSR count). The lowest BCUT2D eigenvalue weighted by Gasteiger charge is -1.99. The highest BCUT2D eigenvalue weighted by molar-refractivity contribution is 7.85. The number of benzene rings is 1. The molecule has 0 amide bonds. The lowest BCUT2D eigenvalue weighted by molar-refractivity contribution is 0.680. The molecule has 0 saturated carbocycles. The summed E-state index contributed by atoms with van der Waals surface area (Å²) in [6, 6.07) is 9.48. The van der Waals surface area contributed by atoms with Crippen LogP contribution < -0.4 is 5.73 Å². The first kappa shape index (κ1) is 9.42. The lowest BCUT2D eigenvalue weighted by atomic mass is 10.4. The summed E-state index contributed by atoms with van der Waals surface area (Å²) in [5, 5.41) is 0. The van der Waals surface area contributed by atoms with Gasteiger partial charge in [0, 0.05) is 10.6 Å². The molecule has 0 aliphatic rings. The van der Waals surface area contributed by atoms with E-state index in [-0.39, 0.29) is 0 Å². The molecule has 1 unspecified atom stereocenters. The van der Waals surface area contributed by atoms with Crippen molar-refractivity contribution in [3.05, 3.63) is 30.3 Å². The third-order valence-electron chi connectivity index (χ3n) is 1.54. The summed E-state index contributed by atoms with van der Waals surface area (Å²) >= 11 is 0. The highest BCUT2D eigenvalue weighted by Gasteiger charge is 2.00. The fourth-order valence-electron chi connectivity index (χ4n) is 0.905. The summed E-state index contributed by atoms with van der Waals surface area (Å²) < 4.78 is 11.5. The number of rotatable bonds is 4. The van der Waals surface area contributed by atoms with E-state index in [4.69, 9.17) is 5.73 Å². The van der Waals surface area contributed by atoms with Crippen LogP contribution in [0.4, 0.5) is 0 Å². The van der Waals surface area contributed by atoms with Crippen LogP contribution in [0.3, 0.4) is 0 Å². The molecule has 0 radical (unpaired) electrons. The van der Waals surface area contributed by atoms with Gasteiger partial charge in [-0.3, -0.25) is 4.21 Å². The van der Waals surface area contributed by atoms with Gasteiger partial charge < -0.3 is 5.73 Å². The van der Waals surface area contributed by atoms with Crippen LogP contribution >= 0.6 is 0 Å². The van der Waals surface area contributed by atoms with Gasteiger partial charge in [0.25, 0.3) is 0 Å². The summed E-state index contributed by atoms with van der Waals surface area (Å²) in [5.74, 6) is 0.667. The van der Waals surface area contributed by atoms with Crippen molar-refractivity contribution in [2.45, 2.75) is 11.3 Å². The average Bonchev–Trinajstić information content (AvgIpc) is 2.15. The second-order valence-electron chi connectivity index (χ2n) is 2.50. The Kier molecular flexibility index (Phi) is 3.97. The largest absolute Gasteiger partial charge is 0.330 e. The first-order chi connectivity index (χ1) is 5.84. The molecule has 0 spiro atoms. The summed E-state index contributed by atoms with van der Waals surface area (Å²) in [6.45, 7) is 0.610. The fourth-order valence-corrected chi connectivity index (χ4v) is 2.03. The Hall–Kier alpha value is -0.670. The normalized spacial score (nSPS) is 12.8. The maximum Gasteiger partial charge on any atom is 0.0529 e. The van der Waals surface area contributed by atoms with E-state index in [1.807, 2.05) is 30.3 Å². The highest BCUT2D eigenvalue weighted by atomic mass is 32.2. The molecular weight excluding hydrogens is 170 g/mol. The molecule has 0 heterocycles. The van der Waals surface area contributed by atoms with Crippen LogP contribution in [0.5, 0.6) is 0 Å². The Morgan fingerprint density at radius 3 is 2.50 bits per heavy atom. The summed E-state index contributed by atoms with van der Waals surface area (Å²) in [5.41, 5.74) is 5.32. The van der Waals surface area contributed by atoms with Crippen LogP contribution in [0.1, 0.15) is 6.42 Å². The molecule has 2 nitrogen and oxygen atoms in total. The molecule has 0 fully saturated rings. The van der Waals surface area contributed by atoms with Gasteiger partial charge in [-0.2, -0.15) is 0 Å². The maximum atomic E-state index is 11.5. The molecule has 1 atom stereocenters. The van der Waals surface area contributed by atoms with Gasteiger partial charge in [-0.25, -0.2) is 0 Å². The monoisotopic (exact) mass is 183 g/mol. The molecule has 12 heavy (non-hydrogen) atoms. The van der Waals surface area contributed by atoms with Gasteiger partial charge in [-0.15, -0.1) is 0 Å². The lowest BCUT2D eigenvalue weighted by Crippen LogP contribution is -2.05. The van der Waals surface area contributed by atoms with Crippen molar-refractivity contribution in [2.24, 2.45) is 5.73 Å². The Labute approximate surface area is 75.2 Å². The number of hydrogen-bond acceptors (Lipinski definition) is 2. The van der Waals surface area contributed by atoms with E-state index in [0.29, 0.717) is 12.3 Å². The van der Waals surface area contributed by atoms with Crippen molar-refractivity contribution >= 4 is 10.8 Å². The Bertz CT molecular complexity index is 248. The first-order valence-corrected chi connectivity index (χ1v) is 5.30.